The summed E-state index contributed by atoms with van der Waals surface area (Å²) in [6.45, 7) is 0. The lowest BCUT2D eigenvalue weighted by Gasteiger charge is -1.99. The van der Waals surface area contributed by atoms with E-state index in [1.807, 2.05) is 6.07 Å². The minimum Gasteiger partial charge on any atom is -0.366 e. The molecule has 0 unspecified atom stereocenters. The van der Waals surface area contributed by atoms with Gasteiger partial charge in [0, 0.05) is 17.1 Å². The molecule has 0 radical (unpaired) electrons. The Bertz CT molecular complexity index is 584. The van der Waals surface area contributed by atoms with Crippen molar-refractivity contribution < 1.29 is 4.79 Å². The zero-order chi connectivity index (χ0) is 10.8. The number of benzene rings is 1. The molecule has 4 nitrogen and oxygen atoms in total. The molecule has 15 heavy (non-hydrogen) atoms. The van der Waals surface area contributed by atoms with Gasteiger partial charge in [-0.2, -0.15) is 5.26 Å². The molecule has 0 saturated carbocycles. The van der Waals surface area contributed by atoms with E-state index < -0.39 is 5.91 Å². The summed E-state index contributed by atoms with van der Waals surface area (Å²) in [7, 11) is 0. The predicted molar refractivity (Wildman–Crippen MR) is 55.0 cm³/mol. The van der Waals surface area contributed by atoms with Gasteiger partial charge in [-0.05, 0) is 18.2 Å². The van der Waals surface area contributed by atoms with E-state index in [1.54, 1.807) is 24.3 Å². The summed E-state index contributed by atoms with van der Waals surface area (Å²) in [5.74, 6) is -0.483. The molecule has 0 fully saturated rings. The first-order valence-electron chi connectivity index (χ1n) is 4.30. The summed E-state index contributed by atoms with van der Waals surface area (Å²) in [5, 5.41) is 9.49. The van der Waals surface area contributed by atoms with Crippen LogP contribution in [0.3, 0.4) is 0 Å². The van der Waals surface area contributed by atoms with E-state index in [2.05, 4.69) is 4.98 Å². The molecule has 0 aliphatic heterocycles. The number of nitrogens with zero attached hydrogens (tertiary/aromatic N) is 2. The van der Waals surface area contributed by atoms with Crippen molar-refractivity contribution in [3.8, 4) is 6.07 Å². The number of hydrogen-bond donors (Lipinski definition) is 1. The Hall–Kier alpha value is -2.41. The number of hydrogen-bond acceptors (Lipinski definition) is 3. The molecule has 1 amide bonds. The van der Waals surface area contributed by atoms with Gasteiger partial charge < -0.3 is 5.73 Å². The molecule has 2 N–H and O–H groups in total. The number of pyridine rings is 1. The Morgan fingerprint density at radius 2 is 2.20 bits per heavy atom. The fourth-order valence-electron chi connectivity index (χ4n) is 1.34. The molecule has 0 atom stereocenters. The highest BCUT2D eigenvalue weighted by molar-refractivity contribution is 5.96. The third-order valence-corrected chi connectivity index (χ3v) is 2.10. The smallest absolute Gasteiger partial charge is 0.248 e. The van der Waals surface area contributed by atoms with Crippen LogP contribution in [0.25, 0.3) is 10.9 Å². The SMILES string of the molecule is N#Cc1cnc2cc(C(N)=O)ccc2c1. The quantitative estimate of drug-likeness (QED) is 0.746. The van der Waals surface area contributed by atoms with Crippen LogP contribution in [0.5, 0.6) is 0 Å². The van der Waals surface area contributed by atoms with Gasteiger partial charge in [-0.15, -0.1) is 0 Å². The van der Waals surface area contributed by atoms with E-state index >= 15 is 0 Å². The number of rotatable bonds is 1. The molecule has 0 spiro atoms. The predicted octanol–water partition coefficient (Wildman–Crippen LogP) is 1.21. The van der Waals surface area contributed by atoms with E-state index in [-0.39, 0.29) is 0 Å². The maximum absolute atomic E-state index is 10.9. The second-order valence-corrected chi connectivity index (χ2v) is 3.11. The van der Waals surface area contributed by atoms with Crippen molar-refractivity contribution in [2.75, 3.05) is 0 Å². The van der Waals surface area contributed by atoms with Gasteiger partial charge in [0.1, 0.15) is 6.07 Å². The van der Waals surface area contributed by atoms with Gasteiger partial charge >= 0.3 is 0 Å². The second-order valence-electron chi connectivity index (χ2n) is 3.11. The highest BCUT2D eigenvalue weighted by Crippen LogP contribution is 2.14. The lowest BCUT2D eigenvalue weighted by molar-refractivity contribution is 0.100. The largest absolute Gasteiger partial charge is 0.366 e. The van der Waals surface area contributed by atoms with Gasteiger partial charge in [0.05, 0.1) is 11.1 Å². The molecule has 1 heterocycles. The zero-order valence-electron chi connectivity index (χ0n) is 7.77. The van der Waals surface area contributed by atoms with Crippen molar-refractivity contribution >= 4 is 16.8 Å². The zero-order valence-corrected chi connectivity index (χ0v) is 7.77. The van der Waals surface area contributed by atoms with Crippen molar-refractivity contribution in [1.29, 1.82) is 5.26 Å². The molecule has 0 aliphatic rings. The Kier molecular flexibility index (Phi) is 2.07. The Balaban J connectivity index is 2.66. The van der Waals surface area contributed by atoms with Crippen LogP contribution >= 0.6 is 0 Å². The maximum atomic E-state index is 10.9. The van der Waals surface area contributed by atoms with Crippen LogP contribution in [-0.4, -0.2) is 10.9 Å². The number of carbonyl (C=O) groups is 1. The molecule has 1 aromatic heterocycles. The summed E-state index contributed by atoms with van der Waals surface area (Å²) in [4.78, 5) is 15.0. The third kappa shape index (κ3) is 1.63. The molecule has 1 aromatic carbocycles. The van der Waals surface area contributed by atoms with Crippen molar-refractivity contribution in [2.45, 2.75) is 0 Å². The molecule has 0 saturated heterocycles. The van der Waals surface area contributed by atoms with Crippen molar-refractivity contribution in [1.82, 2.24) is 4.98 Å². The average molecular weight is 197 g/mol. The lowest BCUT2D eigenvalue weighted by atomic mass is 10.1. The van der Waals surface area contributed by atoms with Gasteiger partial charge in [-0.3, -0.25) is 9.78 Å². The summed E-state index contributed by atoms with van der Waals surface area (Å²) < 4.78 is 0. The fourth-order valence-corrected chi connectivity index (χ4v) is 1.34. The Morgan fingerprint density at radius 1 is 1.40 bits per heavy atom. The first-order valence-corrected chi connectivity index (χ1v) is 4.30. The van der Waals surface area contributed by atoms with Gasteiger partial charge in [0.15, 0.2) is 0 Å². The molecule has 4 heteroatoms. The van der Waals surface area contributed by atoms with Gasteiger partial charge in [-0.25, -0.2) is 0 Å². The summed E-state index contributed by atoms with van der Waals surface area (Å²) in [6.07, 6.45) is 1.47. The molecule has 0 aliphatic carbocycles. The minimum absolute atomic E-state index is 0.416. The highest BCUT2D eigenvalue weighted by atomic mass is 16.1. The number of fused-ring (bicyclic) bond motifs is 1. The molecule has 2 aromatic rings. The van der Waals surface area contributed by atoms with E-state index in [9.17, 15) is 4.79 Å². The third-order valence-electron chi connectivity index (χ3n) is 2.10. The number of nitrogens with two attached hydrogens (primary N) is 1. The summed E-state index contributed by atoms with van der Waals surface area (Å²) in [5.41, 5.74) is 6.71. The molecule has 0 bridgehead atoms. The van der Waals surface area contributed by atoms with Gasteiger partial charge in [-0.1, -0.05) is 6.07 Å². The van der Waals surface area contributed by atoms with Crippen LogP contribution in [-0.2, 0) is 0 Å². The van der Waals surface area contributed by atoms with Crippen molar-refractivity contribution in [3.63, 3.8) is 0 Å². The number of carbonyl (C=O) groups excluding carboxylic acids is 1. The Morgan fingerprint density at radius 3 is 2.87 bits per heavy atom. The van der Waals surface area contributed by atoms with Crippen LogP contribution in [0.4, 0.5) is 0 Å². The Labute approximate surface area is 86.0 Å². The number of nitriles is 1. The standard InChI is InChI=1S/C11H7N3O/c12-5-7-3-8-1-2-9(11(13)15)4-10(8)14-6-7/h1-4,6H,(H2,13,15). The van der Waals surface area contributed by atoms with E-state index in [4.69, 9.17) is 11.0 Å². The first-order chi connectivity index (χ1) is 7.20. The van der Waals surface area contributed by atoms with E-state index in [0.29, 0.717) is 16.6 Å². The van der Waals surface area contributed by atoms with Crippen molar-refractivity contribution in [3.05, 3.63) is 41.6 Å². The van der Waals surface area contributed by atoms with Crippen LogP contribution in [0.15, 0.2) is 30.5 Å². The maximum Gasteiger partial charge on any atom is 0.248 e. The molecular formula is C11H7N3O. The van der Waals surface area contributed by atoms with Crippen LogP contribution in [0.1, 0.15) is 15.9 Å². The van der Waals surface area contributed by atoms with E-state index in [0.717, 1.165) is 5.39 Å². The van der Waals surface area contributed by atoms with Crippen LogP contribution in [0, 0.1) is 11.3 Å². The second kappa shape index (κ2) is 3.39. The minimum atomic E-state index is -0.483. The van der Waals surface area contributed by atoms with Crippen molar-refractivity contribution in [2.24, 2.45) is 5.73 Å². The van der Waals surface area contributed by atoms with Gasteiger partial charge in [0.25, 0.3) is 0 Å². The molecule has 72 valence electrons. The number of aromatic nitrogens is 1. The van der Waals surface area contributed by atoms with Gasteiger partial charge in [0.2, 0.25) is 5.91 Å². The summed E-state index contributed by atoms with van der Waals surface area (Å²) >= 11 is 0. The van der Waals surface area contributed by atoms with Crippen LogP contribution < -0.4 is 5.73 Å². The lowest BCUT2D eigenvalue weighted by Crippen LogP contribution is -2.10. The monoisotopic (exact) mass is 197 g/mol. The normalized spacial score (nSPS) is 9.80. The molecule has 2 rings (SSSR count). The first kappa shape index (κ1) is 9.16. The van der Waals surface area contributed by atoms with E-state index in [1.165, 1.54) is 6.20 Å². The highest BCUT2D eigenvalue weighted by Gasteiger charge is 2.02. The average Bonchev–Trinajstić information content (AvgIpc) is 2.27. The van der Waals surface area contributed by atoms with Crippen LogP contribution in [0.2, 0.25) is 0 Å². The fraction of sp³-hybridized carbons (Fsp3) is 0. The number of amides is 1. The molecular weight excluding hydrogens is 190 g/mol. The topological polar surface area (TPSA) is 79.8 Å². The number of primary amides is 1. The summed E-state index contributed by atoms with van der Waals surface area (Å²) in [6, 6.07) is 8.67.